The van der Waals surface area contributed by atoms with E-state index >= 15 is 0 Å². The summed E-state index contributed by atoms with van der Waals surface area (Å²) in [6.45, 7) is 6.54. The Labute approximate surface area is 90.3 Å². The van der Waals surface area contributed by atoms with Gasteiger partial charge in [0.05, 0.1) is 13.2 Å². The van der Waals surface area contributed by atoms with E-state index in [1.165, 1.54) is 5.56 Å². The lowest BCUT2D eigenvalue weighted by atomic mass is 9.88. The highest BCUT2D eigenvalue weighted by atomic mass is 19.1. The van der Waals surface area contributed by atoms with Crippen LogP contribution in [0.25, 0.3) is 0 Å². The van der Waals surface area contributed by atoms with Gasteiger partial charge in [0.25, 0.3) is 0 Å². The second-order valence-corrected chi connectivity index (χ2v) is 4.76. The predicted molar refractivity (Wildman–Crippen MR) is 58.6 cm³/mol. The second kappa shape index (κ2) is 3.60. The number of rotatable bonds is 1. The SMILES string of the molecule is CC(C)c1ccc2c(c1)C(C)(F)COC2. The number of hydrogen-bond acceptors (Lipinski definition) is 1. The minimum Gasteiger partial charge on any atom is -0.373 e. The van der Waals surface area contributed by atoms with Crippen LogP contribution in [0.4, 0.5) is 4.39 Å². The largest absolute Gasteiger partial charge is 0.373 e. The number of ether oxygens (including phenoxy) is 1. The van der Waals surface area contributed by atoms with Crippen molar-refractivity contribution in [2.45, 2.75) is 39.0 Å². The molecule has 0 fully saturated rings. The van der Waals surface area contributed by atoms with Crippen LogP contribution in [0.3, 0.4) is 0 Å². The fraction of sp³-hybridized carbons (Fsp3) is 0.538. The summed E-state index contributed by atoms with van der Waals surface area (Å²) in [5.41, 5.74) is 1.65. The average Bonchev–Trinajstić information content (AvgIpc) is 2.17. The van der Waals surface area contributed by atoms with Crippen LogP contribution < -0.4 is 0 Å². The van der Waals surface area contributed by atoms with Crippen LogP contribution in [-0.2, 0) is 17.0 Å². The highest BCUT2D eigenvalue weighted by Crippen LogP contribution is 2.35. The molecule has 2 heteroatoms. The molecule has 1 aliphatic heterocycles. The maximum atomic E-state index is 14.2. The third-order valence-corrected chi connectivity index (χ3v) is 2.99. The first-order valence-electron chi connectivity index (χ1n) is 5.40. The number of alkyl halides is 1. The molecule has 1 nitrogen and oxygen atoms in total. The van der Waals surface area contributed by atoms with Gasteiger partial charge >= 0.3 is 0 Å². The molecular weight excluding hydrogens is 191 g/mol. The van der Waals surface area contributed by atoms with Gasteiger partial charge in [-0.3, -0.25) is 0 Å². The van der Waals surface area contributed by atoms with Gasteiger partial charge in [0.2, 0.25) is 0 Å². The molecule has 82 valence electrons. The molecule has 2 rings (SSSR count). The zero-order valence-electron chi connectivity index (χ0n) is 9.51. The van der Waals surface area contributed by atoms with E-state index in [1.807, 2.05) is 12.1 Å². The topological polar surface area (TPSA) is 9.23 Å². The molecule has 0 saturated heterocycles. The minimum absolute atomic E-state index is 0.168. The van der Waals surface area contributed by atoms with Crippen molar-refractivity contribution in [3.63, 3.8) is 0 Å². The van der Waals surface area contributed by atoms with E-state index in [2.05, 4.69) is 19.9 Å². The molecule has 1 atom stereocenters. The number of fused-ring (bicyclic) bond motifs is 1. The molecule has 1 heterocycles. The van der Waals surface area contributed by atoms with Crippen LogP contribution in [-0.4, -0.2) is 6.61 Å². The fourth-order valence-corrected chi connectivity index (χ4v) is 1.99. The molecule has 0 amide bonds. The third-order valence-electron chi connectivity index (χ3n) is 2.99. The Kier molecular flexibility index (Phi) is 2.55. The zero-order valence-corrected chi connectivity index (χ0v) is 9.51. The van der Waals surface area contributed by atoms with E-state index in [-0.39, 0.29) is 6.61 Å². The Morgan fingerprint density at radius 3 is 2.80 bits per heavy atom. The van der Waals surface area contributed by atoms with Crippen molar-refractivity contribution >= 4 is 0 Å². The van der Waals surface area contributed by atoms with Gasteiger partial charge in [-0.25, -0.2) is 4.39 Å². The Balaban J connectivity index is 2.49. The molecule has 1 aromatic carbocycles. The summed E-state index contributed by atoms with van der Waals surface area (Å²) in [5, 5.41) is 0. The standard InChI is InChI=1S/C13H17FO/c1-9(2)10-4-5-11-7-15-8-13(3,14)12(11)6-10/h4-6,9H,7-8H2,1-3H3. The number of benzene rings is 1. The van der Waals surface area contributed by atoms with Crippen molar-refractivity contribution in [3.05, 3.63) is 34.9 Å². The van der Waals surface area contributed by atoms with E-state index in [0.717, 1.165) is 11.1 Å². The van der Waals surface area contributed by atoms with Crippen LogP contribution in [0.15, 0.2) is 18.2 Å². The molecule has 1 aromatic rings. The predicted octanol–water partition coefficient (Wildman–Crippen LogP) is 3.52. The molecule has 1 unspecified atom stereocenters. The third kappa shape index (κ3) is 1.91. The molecular formula is C13H17FO. The van der Waals surface area contributed by atoms with Gasteiger partial charge in [-0.1, -0.05) is 32.0 Å². The van der Waals surface area contributed by atoms with Crippen LogP contribution >= 0.6 is 0 Å². The second-order valence-electron chi connectivity index (χ2n) is 4.76. The van der Waals surface area contributed by atoms with Crippen LogP contribution in [0.5, 0.6) is 0 Å². The highest BCUT2D eigenvalue weighted by molar-refractivity contribution is 5.38. The number of halogens is 1. The molecule has 15 heavy (non-hydrogen) atoms. The summed E-state index contributed by atoms with van der Waals surface area (Å²) < 4.78 is 19.4. The van der Waals surface area contributed by atoms with Crippen LogP contribution in [0.2, 0.25) is 0 Å². The molecule has 0 radical (unpaired) electrons. The van der Waals surface area contributed by atoms with Gasteiger partial charge in [0.15, 0.2) is 5.67 Å². The molecule has 0 saturated carbocycles. The van der Waals surface area contributed by atoms with E-state index in [9.17, 15) is 4.39 Å². The molecule has 0 N–H and O–H groups in total. The van der Waals surface area contributed by atoms with Gasteiger partial charge in [0, 0.05) is 0 Å². The highest BCUT2D eigenvalue weighted by Gasteiger charge is 2.32. The van der Waals surface area contributed by atoms with E-state index < -0.39 is 5.67 Å². The summed E-state index contributed by atoms with van der Waals surface area (Å²) in [6.07, 6.45) is 0. The summed E-state index contributed by atoms with van der Waals surface area (Å²) in [4.78, 5) is 0. The normalized spacial score (nSPS) is 25.4. The molecule has 1 aliphatic rings. The van der Waals surface area contributed by atoms with Crippen molar-refractivity contribution in [2.75, 3.05) is 6.61 Å². The van der Waals surface area contributed by atoms with Gasteiger partial charge < -0.3 is 4.74 Å². The monoisotopic (exact) mass is 208 g/mol. The van der Waals surface area contributed by atoms with E-state index in [1.54, 1.807) is 6.92 Å². The zero-order chi connectivity index (χ0) is 11.1. The lowest BCUT2D eigenvalue weighted by Crippen LogP contribution is -2.29. The van der Waals surface area contributed by atoms with Gasteiger partial charge in [0.1, 0.15) is 0 Å². The van der Waals surface area contributed by atoms with E-state index in [4.69, 9.17) is 4.74 Å². The van der Waals surface area contributed by atoms with Crippen molar-refractivity contribution in [1.29, 1.82) is 0 Å². The fourth-order valence-electron chi connectivity index (χ4n) is 1.99. The van der Waals surface area contributed by atoms with Gasteiger partial charge in [-0.15, -0.1) is 0 Å². The summed E-state index contributed by atoms with van der Waals surface area (Å²) in [5.74, 6) is 0.439. The Morgan fingerprint density at radius 2 is 2.13 bits per heavy atom. The van der Waals surface area contributed by atoms with Crippen LogP contribution in [0.1, 0.15) is 43.4 Å². The van der Waals surface area contributed by atoms with E-state index in [0.29, 0.717) is 12.5 Å². The van der Waals surface area contributed by atoms with Gasteiger partial charge in [-0.2, -0.15) is 0 Å². The smallest absolute Gasteiger partial charge is 0.156 e. The summed E-state index contributed by atoms with van der Waals surface area (Å²) in [6, 6.07) is 6.04. The molecule has 0 spiro atoms. The maximum Gasteiger partial charge on any atom is 0.156 e. The minimum atomic E-state index is -1.33. The first-order valence-corrected chi connectivity index (χ1v) is 5.40. The quantitative estimate of drug-likeness (QED) is 0.686. The first-order chi connectivity index (χ1) is 7.00. The first kappa shape index (κ1) is 10.6. The lowest BCUT2D eigenvalue weighted by Gasteiger charge is -2.29. The summed E-state index contributed by atoms with van der Waals surface area (Å²) in [7, 11) is 0. The Hall–Kier alpha value is -0.890. The van der Waals surface area contributed by atoms with Crippen molar-refractivity contribution in [1.82, 2.24) is 0 Å². The van der Waals surface area contributed by atoms with Gasteiger partial charge in [-0.05, 0) is 29.5 Å². The average molecular weight is 208 g/mol. The molecule has 0 aliphatic carbocycles. The van der Waals surface area contributed by atoms with Crippen molar-refractivity contribution in [3.8, 4) is 0 Å². The van der Waals surface area contributed by atoms with Crippen molar-refractivity contribution in [2.24, 2.45) is 0 Å². The van der Waals surface area contributed by atoms with Crippen LogP contribution in [0, 0.1) is 0 Å². The lowest BCUT2D eigenvalue weighted by molar-refractivity contribution is -0.00470. The Morgan fingerprint density at radius 1 is 1.40 bits per heavy atom. The molecule has 0 bridgehead atoms. The van der Waals surface area contributed by atoms with Crippen molar-refractivity contribution < 1.29 is 9.13 Å². The number of hydrogen-bond donors (Lipinski definition) is 0. The Bertz CT molecular complexity index is 369. The maximum absolute atomic E-state index is 14.2. The molecule has 0 aromatic heterocycles. The summed E-state index contributed by atoms with van der Waals surface area (Å²) >= 11 is 0.